The molecule has 0 saturated heterocycles. The third-order valence-electron chi connectivity index (χ3n) is 9.68. The molecular formula is C48H46. The largest absolute Gasteiger partial charge is 0.0911 e. The Morgan fingerprint density at radius 1 is 0.771 bits per heavy atom. The van der Waals surface area contributed by atoms with Crippen molar-refractivity contribution < 1.29 is 0 Å². The van der Waals surface area contributed by atoms with Crippen LogP contribution in [0.15, 0.2) is 175 Å². The second-order valence-electron chi connectivity index (χ2n) is 13.0. The third kappa shape index (κ3) is 7.35. The van der Waals surface area contributed by atoms with Gasteiger partial charge in [0, 0.05) is 0 Å². The van der Waals surface area contributed by atoms with E-state index in [9.17, 15) is 0 Å². The summed E-state index contributed by atoms with van der Waals surface area (Å²) < 4.78 is 0. The molecule has 1 aliphatic carbocycles. The van der Waals surface area contributed by atoms with Crippen molar-refractivity contribution in [2.75, 3.05) is 0 Å². The molecule has 0 nitrogen and oxygen atoms in total. The normalized spacial score (nSPS) is 16.3. The van der Waals surface area contributed by atoms with Gasteiger partial charge < -0.3 is 0 Å². The van der Waals surface area contributed by atoms with Crippen LogP contribution >= 0.6 is 0 Å². The molecule has 5 aromatic rings. The maximum atomic E-state index is 4.66. The highest BCUT2D eigenvalue weighted by Gasteiger charge is 2.15. The minimum absolute atomic E-state index is 0.462. The summed E-state index contributed by atoms with van der Waals surface area (Å²) in [7, 11) is 0. The molecule has 0 aliphatic heterocycles. The van der Waals surface area contributed by atoms with Gasteiger partial charge in [-0.05, 0) is 130 Å². The number of benzene rings is 5. The van der Waals surface area contributed by atoms with Crippen LogP contribution in [0.25, 0.3) is 43.8 Å². The van der Waals surface area contributed by atoms with Gasteiger partial charge in [-0.2, -0.15) is 0 Å². The Morgan fingerprint density at radius 2 is 1.48 bits per heavy atom. The lowest BCUT2D eigenvalue weighted by molar-refractivity contribution is 0.815. The van der Waals surface area contributed by atoms with Crippen molar-refractivity contribution >= 4 is 32.7 Å². The monoisotopic (exact) mass is 622 g/mol. The van der Waals surface area contributed by atoms with E-state index in [0.29, 0.717) is 5.92 Å². The van der Waals surface area contributed by atoms with Crippen LogP contribution in [0, 0.1) is 12.8 Å². The molecule has 0 aromatic heterocycles. The molecule has 1 unspecified atom stereocenters. The Balaban J connectivity index is 1.37. The van der Waals surface area contributed by atoms with E-state index < -0.39 is 0 Å². The van der Waals surface area contributed by atoms with Crippen LogP contribution in [0.5, 0.6) is 0 Å². The molecule has 1 aliphatic rings. The van der Waals surface area contributed by atoms with Crippen molar-refractivity contribution in [1.82, 2.24) is 0 Å². The van der Waals surface area contributed by atoms with Crippen molar-refractivity contribution in [2.24, 2.45) is 5.92 Å². The molecule has 0 radical (unpaired) electrons. The molecule has 5 aromatic carbocycles. The second-order valence-corrected chi connectivity index (χ2v) is 13.0. The summed E-state index contributed by atoms with van der Waals surface area (Å²) in [5, 5.41) is 5.00. The van der Waals surface area contributed by atoms with Crippen LogP contribution in [0.1, 0.15) is 56.7 Å². The zero-order chi connectivity index (χ0) is 33.5. The SMILES string of the molecule is C=C(/C=C(/C(=C/C)CCC/C(C)=C/C=C1/C=CC=CC1C)c1cc(-c2cccc3ccccc23)ccc1C)c1cccc2ccccc12. The number of hydrogen-bond acceptors (Lipinski definition) is 0. The standard InChI is InChI=1S/C48H46/c1-6-38(21-13-16-34(2)28-30-39-18-8-7-17-35(39)3)48(32-37(5)43-26-14-22-40-19-9-11-24-44(40)43)47-33-42(31-29-36(47)4)46-27-15-23-41-20-10-12-25-45(41)46/h6-12,14-15,17-20,22-33,35H,5,13,16,21H2,1-4H3/b34-28+,38-6+,39-30-,48-32-. The number of rotatable bonds is 10. The van der Waals surface area contributed by atoms with Crippen LogP contribution in [0.3, 0.4) is 0 Å². The maximum absolute atomic E-state index is 4.66. The molecule has 0 heteroatoms. The first-order valence-corrected chi connectivity index (χ1v) is 17.3. The first kappa shape index (κ1) is 32.7. The maximum Gasteiger partial charge on any atom is -0.000732 e. The molecule has 48 heavy (non-hydrogen) atoms. The predicted octanol–water partition coefficient (Wildman–Crippen LogP) is 13.8. The van der Waals surface area contributed by atoms with Gasteiger partial charge in [0.2, 0.25) is 0 Å². The number of hydrogen-bond donors (Lipinski definition) is 0. The summed E-state index contributed by atoms with van der Waals surface area (Å²) in [6, 6.07) is 37.4. The highest BCUT2D eigenvalue weighted by Crippen LogP contribution is 2.37. The van der Waals surface area contributed by atoms with Crippen LogP contribution in [0.2, 0.25) is 0 Å². The van der Waals surface area contributed by atoms with Gasteiger partial charge in [-0.3, -0.25) is 0 Å². The molecule has 238 valence electrons. The molecular weight excluding hydrogens is 577 g/mol. The summed E-state index contributed by atoms with van der Waals surface area (Å²) >= 11 is 0. The van der Waals surface area contributed by atoms with E-state index in [1.165, 1.54) is 71.7 Å². The van der Waals surface area contributed by atoms with E-state index >= 15 is 0 Å². The van der Waals surface area contributed by atoms with Gasteiger partial charge in [-0.15, -0.1) is 0 Å². The average Bonchev–Trinajstić information content (AvgIpc) is 3.12. The first-order valence-electron chi connectivity index (χ1n) is 17.3. The Bertz CT molecular complexity index is 2140. The van der Waals surface area contributed by atoms with Gasteiger partial charge in [0.25, 0.3) is 0 Å². The van der Waals surface area contributed by atoms with E-state index in [-0.39, 0.29) is 0 Å². The molecule has 0 N–H and O–H groups in total. The Kier molecular flexibility index (Phi) is 10.3. The minimum Gasteiger partial charge on any atom is -0.0911 e. The molecule has 6 rings (SSSR count). The van der Waals surface area contributed by atoms with Gasteiger partial charge in [0.15, 0.2) is 0 Å². The molecule has 0 amide bonds. The van der Waals surface area contributed by atoms with E-state index in [1.807, 2.05) is 0 Å². The van der Waals surface area contributed by atoms with Crippen molar-refractivity contribution in [1.29, 1.82) is 0 Å². The third-order valence-corrected chi connectivity index (χ3v) is 9.68. The van der Waals surface area contributed by atoms with Crippen LogP contribution in [-0.4, -0.2) is 0 Å². The second kappa shape index (κ2) is 15.1. The lowest BCUT2D eigenvalue weighted by atomic mass is 9.86. The van der Waals surface area contributed by atoms with E-state index in [4.69, 9.17) is 0 Å². The smallest absolute Gasteiger partial charge is 0.000732 e. The van der Waals surface area contributed by atoms with Crippen molar-refractivity contribution in [3.8, 4) is 11.1 Å². The Morgan fingerprint density at radius 3 is 2.25 bits per heavy atom. The van der Waals surface area contributed by atoms with Crippen LogP contribution in [-0.2, 0) is 0 Å². The lowest BCUT2D eigenvalue weighted by Gasteiger charge is -2.19. The highest BCUT2D eigenvalue weighted by atomic mass is 14.2. The van der Waals surface area contributed by atoms with E-state index in [1.54, 1.807) is 0 Å². The number of aryl methyl sites for hydroxylation is 1. The van der Waals surface area contributed by atoms with Gasteiger partial charge in [0.1, 0.15) is 0 Å². The topological polar surface area (TPSA) is 0 Å². The van der Waals surface area contributed by atoms with Gasteiger partial charge in [0.05, 0.1) is 0 Å². The zero-order valence-electron chi connectivity index (χ0n) is 28.8. The summed E-state index contributed by atoms with van der Waals surface area (Å²) in [5.41, 5.74) is 12.6. The Hall–Kier alpha value is -5.20. The fraction of sp³-hybridized carbons (Fsp3) is 0.167. The van der Waals surface area contributed by atoms with Crippen LogP contribution < -0.4 is 0 Å². The summed E-state index contributed by atoms with van der Waals surface area (Å²) in [4.78, 5) is 0. The van der Waals surface area contributed by atoms with Crippen LogP contribution in [0.4, 0.5) is 0 Å². The van der Waals surface area contributed by atoms with Gasteiger partial charge in [-0.1, -0.05) is 159 Å². The van der Waals surface area contributed by atoms with E-state index in [0.717, 1.165) is 24.8 Å². The van der Waals surface area contributed by atoms with Crippen molar-refractivity contribution in [2.45, 2.75) is 47.0 Å². The highest BCUT2D eigenvalue weighted by molar-refractivity contribution is 6.01. The Labute approximate surface area is 287 Å². The fourth-order valence-electron chi connectivity index (χ4n) is 6.84. The molecule has 0 spiro atoms. The zero-order valence-corrected chi connectivity index (χ0v) is 28.8. The molecule has 0 bridgehead atoms. The molecule has 1 atom stereocenters. The van der Waals surface area contributed by atoms with E-state index in [2.05, 4.69) is 186 Å². The van der Waals surface area contributed by atoms with Crippen molar-refractivity contribution in [3.63, 3.8) is 0 Å². The average molecular weight is 623 g/mol. The summed E-state index contributed by atoms with van der Waals surface area (Å²) in [6.07, 6.45) is 21.1. The lowest BCUT2D eigenvalue weighted by Crippen LogP contribution is -1.97. The minimum atomic E-state index is 0.462. The fourth-order valence-corrected chi connectivity index (χ4v) is 6.84. The predicted molar refractivity (Wildman–Crippen MR) is 212 cm³/mol. The molecule has 0 fully saturated rings. The molecule has 0 heterocycles. The number of allylic oxidation sites excluding steroid dienone is 13. The van der Waals surface area contributed by atoms with Gasteiger partial charge in [-0.25, -0.2) is 0 Å². The van der Waals surface area contributed by atoms with Gasteiger partial charge >= 0.3 is 0 Å². The van der Waals surface area contributed by atoms with Crippen molar-refractivity contribution in [3.05, 3.63) is 192 Å². The first-order chi connectivity index (χ1) is 23.4. The summed E-state index contributed by atoms with van der Waals surface area (Å²) in [6.45, 7) is 13.6. The summed E-state index contributed by atoms with van der Waals surface area (Å²) in [5.74, 6) is 0.462. The molecule has 0 saturated carbocycles. The number of fused-ring (bicyclic) bond motifs is 2. The quantitative estimate of drug-likeness (QED) is 0.136.